The number of aromatic nitrogens is 3. The number of anilines is 1. The average molecular weight is 471 g/mol. The number of methoxy groups -OCH3 is 1. The summed E-state index contributed by atoms with van der Waals surface area (Å²) >= 11 is 12.5. The summed E-state index contributed by atoms with van der Waals surface area (Å²) in [6, 6.07) is 14.2. The van der Waals surface area contributed by atoms with Crippen molar-refractivity contribution in [2.45, 2.75) is 6.92 Å². The van der Waals surface area contributed by atoms with E-state index in [2.05, 4.69) is 15.6 Å². The van der Waals surface area contributed by atoms with Crippen LogP contribution in [0.15, 0.2) is 59.3 Å². The Bertz CT molecular complexity index is 1290. The van der Waals surface area contributed by atoms with Crippen molar-refractivity contribution in [2.75, 3.05) is 12.4 Å². The number of para-hydroxylation sites is 1. The molecule has 162 valence electrons. The van der Waals surface area contributed by atoms with E-state index in [0.717, 1.165) is 5.69 Å². The van der Waals surface area contributed by atoms with Gasteiger partial charge in [-0.15, -0.1) is 0 Å². The molecule has 0 atom stereocenters. The summed E-state index contributed by atoms with van der Waals surface area (Å²) in [7, 11) is 1.20. The Morgan fingerprint density at radius 3 is 2.41 bits per heavy atom. The summed E-state index contributed by atoms with van der Waals surface area (Å²) in [6.45, 7) is 1.76. The minimum Gasteiger partial charge on any atom is -0.465 e. The van der Waals surface area contributed by atoms with Gasteiger partial charge >= 0.3 is 5.97 Å². The van der Waals surface area contributed by atoms with Crippen LogP contribution in [0.5, 0.6) is 0 Å². The van der Waals surface area contributed by atoms with Gasteiger partial charge in [0.25, 0.3) is 5.91 Å². The summed E-state index contributed by atoms with van der Waals surface area (Å²) in [6.07, 6.45) is 1.43. The van der Waals surface area contributed by atoms with Crippen LogP contribution in [0.3, 0.4) is 0 Å². The van der Waals surface area contributed by atoms with E-state index in [4.69, 9.17) is 32.5 Å². The van der Waals surface area contributed by atoms with Crippen molar-refractivity contribution in [3.63, 3.8) is 0 Å². The maximum Gasteiger partial charge on any atom is 0.345 e. The van der Waals surface area contributed by atoms with E-state index < -0.39 is 11.9 Å². The lowest BCUT2D eigenvalue weighted by Crippen LogP contribution is -2.15. The average Bonchev–Trinajstić information content (AvgIpc) is 3.37. The predicted molar refractivity (Wildman–Crippen MR) is 120 cm³/mol. The fourth-order valence-electron chi connectivity index (χ4n) is 3.19. The zero-order valence-electron chi connectivity index (χ0n) is 16.9. The Morgan fingerprint density at radius 1 is 1.06 bits per heavy atom. The zero-order valence-corrected chi connectivity index (χ0v) is 18.4. The number of hydrogen-bond donors (Lipinski definition) is 1. The highest BCUT2D eigenvalue weighted by molar-refractivity contribution is 6.39. The van der Waals surface area contributed by atoms with Crippen molar-refractivity contribution < 1.29 is 18.8 Å². The van der Waals surface area contributed by atoms with E-state index in [9.17, 15) is 9.59 Å². The molecule has 2 aromatic heterocycles. The third-order valence-electron chi connectivity index (χ3n) is 4.76. The lowest BCUT2D eigenvalue weighted by molar-refractivity contribution is 0.0602. The van der Waals surface area contributed by atoms with Gasteiger partial charge in [0.05, 0.1) is 40.3 Å². The lowest BCUT2D eigenvalue weighted by Gasteiger charge is -2.07. The van der Waals surface area contributed by atoms with Gasteiger partial charge in [-0.05, 0) is 31.2 Å². The van der Waals surface area contributed by atoms with Crippen LogP contribution >= 0.6 is 23.2 Å². The Hall–Kier alpha value is -3.62. The summed E-state index contributed by atoms with van der Waals surface area (Å²) in [5.41, 5.74) is 1.92. The number of rotatable bonds is 5. The van der Waals surface area contributed by atoms with Gasteiger partial charge in [0.1, 0.15) is 5.69 Å². The van der Waals surface area contributed by atoms with Crippen LogP contribution in [0.25, 0.3) is 16.9 Å². The second kappa shape index (κ2) is 8.86. The molecular weight excluding hydrogens is 455 g/mol. The Kier molecular flexibility index (Phi) is 5.98. The maximum absolute atomic E-state index is 13.0. The van der Waals surface area contributed by atoms with Crippen LogP contribution in [0.1, 0.15) is 26.4 Å². The number of amides is 1. The largest absolute Gasteiger partial charge is 0.465 e. The molecule has 1 N–H and O–H groups in total. The fourth-order valence-corrected chi connectivity index (χ4v) is 3.77. The van der Waals surface area contributed by atoms with E-state index >= 15 is 0 Å². The molecule has 0 saturated heterocycles. The molecule has 4 aromatic rings. The van der Waals surface area contributed by atoms with Crippen LogP contribution in [0.4, 0.5) is 5.88 Å². The Morgan fingerprint density at radius 2 is 1.75 bits per heavy atom. The molecule has 0 fully saturated rings. The van der Waals surface area contributed by atoms with Gasteiger partial charge in [0, 0.05) is 5.56 Å². The van der Waals surface area contributed by atoms with Crippen LogP contribution in [0, 0.1) is 6.92 Å². The first kappa shape index (κ1) is 21.6. The topological polar surface area (TPSA) is 99.2 Å². The van der Waals surface area contributed by atoms with Crippen molar-refractivity contribution in [1.82, 2.24) is 14.9 Å². The molecule has 0 aliphatic heterocycles. The van der Waals surface area contributed by atoms with Crippen molar-refractivity contribution in [1.29, 1.82) is 0 Å². The van der Waals surface area contributed by atoms with Gasteiger partial charge in [0.15, 0.2) is 5.56 Å². The molecule has 4 rings (SSSR count). The van der Waals surface area contributed by atoms with Crippen molar-refractivity contribution in [3.05, 3.63) is 81.6 Å². The molecule has 2 heterocycles. The highest BCUT2D eigenvalue weighted by Crippen LogP contribution is 2.38. The standard InChI is InChI=1S/C22H16Cl2N4O4/c1-12-14(11-25-28(12)13-7-4-3-5-8-13)20(29)26-21-18(22(30)31-2)19(27-32-21)17-15(23)9-6-10-16(17)24/h3-11H,1-2H3,(H,26,29). The smallest absolute Gasteiger partial charge is 0.345 e. The van der Waals surface area contributed by atoms with Gasteiger partial charge in [-0.3, -0.25) is 10.1 Å². The highest BCUT2D eigenvalue weighted by atomic mass is 35.5. The number of benzene rings is 2. The minimum absolute atomic E-state index is 0.0550. The molecule has 0 saturated carbocycles. The second-order valence-corrected chi connectivity index (χ2v) is 7.48. The molecule has 0 unspecified atom stereocenters. The molecule has 0 aliphatic rings. The molecule has 1 amide bonds. The van der Waals surface area contributed by atoms with Crippen LogP contribution in [-0.2, 0) is 4.74 Å². The molecule has 10 heteroatoms. The summed E-state index contributed by atoms with van der Waals surface area (Å²) in [4.78, 5) is 25.5. The molecule has 0 aliphatic carbocycles. The van der Waals surface area contributed by atoms with Crippen LogP contribution < -0.4 is 5.32 Å². The summed E-state index contributed by atoms with van der Waals surface area (Å²) in [5.74, 6) is -1.51. The number of carbonyl (C=O) groups is 2. The highest BCUT2D eigenvalue weighted by Gasteiger charge is 2.29. The number of halogens is 2. The van der Waals surface area contributed by atoms with E-state index in [0.29, 0.717) is 11.3 Å². The number of ether oxygens (including phenoxy) is 1. The van der Waals surface area contributed by atoms with E-state index in [1.807, 2.05) is 30.3 Å². The normalized spacial score (nSPS) is 10.8. The zero-order chi connectivity index (χ0) is 22.8. The predicted octanol–water partition coefficient (Wildman–Crippen LogP) is 5.18. The summed E-state index contributed by atoms with van der Waals surface area (Å²) in [5, 5.41) is 11.3. The number of esters is 1. The fraction of sp³-hybridized carbons (Fsp3) is 0.0909. The molecular formula is C22H16Cl2N4O4. The minimum atomic E-state index is -0.774. The molecule has 0 radical (unpaired) electrons. The first-order chi connectivity index (χ1) is 15.4. The first-order valence-electron chi connectivity index (χ1n) is 9.36. The van der Waals surface area contributed by atoms with Gasteiger partial charge < -0.3 is 9.26 Å². The van der Waals surface area contributed by atoms with Gasteiger partial charge in [0.2, 0.25) is 5.88 Å². The van der Waals surface area contributed by atoms with Gasteiger partial charge in [-0.1, -0.05) is 52.6 Å². The third-order valence-corrected chi connectivity index (χ3v) is 5.39. The molecule has 0 spiro atoms. The maximum atomic E-state index is 13.0. The number of nitrogens with zero attached hydrogens (tertiary/aromatic N) is 3. The van der Waals surface area contributed by atoms with Crippen LogP contribution in [0.2, 0.25) is 10.0 Å². The van der Waals surface area contributed by atoms with Gasteiger partial charge in [-0.2, -0.15) is 5.10 Å². The van der Waals surface area contributed by atoms with E-state index in [-0.39, 0.29) is 32.8 Å². The second-order valence-electron chi connectivity index (χ2n) is 6.67. The molecule has 2 aromatic carbocycles. The SMILES string of the molecule is COC(=O)c1c(-c2c(Cl)cccc2Cl)noc1NC(=O)c1cnn(-c2ccccc2)c1C. The summed E-state index contributed by atoms with van der Waals surface area (Å²) < 4.78 is 11.8. The molecule has 8 nitrogen and oxygen atoms in total. The number of hydrogen-bond acceptors (Lipinski definition) is 6. The molecule has 32 heavy (non-hydrogen) atoms. The Labute approximate surface area is 192 Å². The van der Waals surface area contributed by atoms with Crippen molar-refractivity contribution in [2.24, 2.45) is 0 Å². The Balaban J connectivity index is 1.71. The van der Waals surface area contributed by atoms with Gasteiger partial charge in [-0.25, -0.2) is 9.48 Å². The first-order valence-corrected chi connectivity index (χ1v) is 10.1. The van der Waals surface area contributed by atoms with E-state index in [1.54, 1.807) is 29.8 Å². The molecule has 0 bridgehead atoms. The van der Waals surface area contributed by atoms with Crippen molar-refractivity contribution >= 4 is 41.0 Å². The number of nitrogens with one attached hydrogen (secondary N) is 1. The monoisotopic (exact) mass is 470 g/mol. The number of carbonyl (C=O) groups excluding carboxylic acids is 2. The van der Waals surface area contributed by atoms with Crippen LogP contribution in [-0.4, -0.2) is 33.9 Å². The third kappa shape index (κ3) is 3.86. The van der Waals surface area contributed by atoms with E-state index in [1.165, 1.54) is 13.3 Å². The quantitative estimate of drug-likeness (QED) is 0.403. The van der Waals surface area contributed by atoms with Crippen molar-refractivity contribution in [3.8, 4) is 16.9 Å². The lowest BCUT2D eigenvalue weighted by atomic mass is 10.1.